The van der Waals surface area contributed by atoms with Crippen molar-refractivity contribution in [1.82, 2.24) is 4.90 Å². The summed E-state index contributed by atoms with van der Waals surface area (Å²) in [6.45, 7) is 8.93. The van der Waals surface area contributed by atoms with Gasteiger partial charge in [0, 0.05) is 43.4 Å². The van der Waals surface area contributed by atoms with E-state index in [4.69, 9.17) is 11.6 Å². The molecule has 4 heteroatoms. The Morgan fingerprint density at radius 1 is 1.05 bits per heavy atom. The normalized spacial score (nSPS) is 17.5. The van der Waals surface area contributed by atoms with Crippen molar-refractivity contribution in [2.24, 2.45) is 0 Å². The van der Waals surface area contributed by atoms with E-state index in [1.807, 2.05) is 12.1 Å². The highest BCUT2D eigenvalue weighted by Crippen LogP contribution is 2.21. The molecule has 0 bridgehead atoms. The van der Waals surface area contributed by atoms with Crippen molar-refractivity contribution in [2.75, 3.05) is 37.6 Å². The maximum absolute atomic E-state index is 10.4. The minimum atomic E-state index is -0.525. The van der Waals surface area contributed by atoms with Crippen molar-refractivity contribution in [1.29, 1.82) is 0 Å². The number of benzene rings is 1. The second-order valence-corrected chi connectivity index (χ2v) is 6.11. The molecule has 0 aromatic heterocycles. The molecule has 0 atom stereocenters. The first-order valence-electron chi connectivity index (χ1n) is 7.51. The SMILES string of the molecule is CCC(O)(CC)CN1CCN(c2ccc(Cl)cc2)CC1. The first-order valence-corrected chi connectivity index (χ1v) is 7.89. The van der Waals surface area contributed by atoms with Crippen LogP contribution < -0.4 is 4.90 Å². The van der Waals surface area contributed by atoms with Crippen molar-refractivity contribution < 1.29 is 5.11 Å². The number of β-amino-alcohol motifs (C(OH)–C–C–N with tert-alkyl or cyclic N) is 1. The third kappa shape index (κ3) is 3.87. The second-order valence-electron chi connectivity index (χ2n) is 5.67. The van der Waals surface area contributed by atoms with Gasteiger partial charge in [0.05, 0.1) is 5.60 Å². The molecule has 1 saturated heterocycles. The average molecular weight is 297 g/mol. The summed E-state index contributed by atoms with van der Waals surface area (Å²) < 4.78 is 0. The van der Waals surface area contributed by atoms with E-state index in [1.165, 1.54) is 5.69 Å². The van der Waals surface area contributed by atoms with Gasteiger partial charge >= 0.3 is 0 Å². The topological polar surface area (TPSA) is 26.7 Å². The number of nitrogens with zero attached hydrogens (tertiary/aromatic N) is 2. The smallest absolute Gasteiger partial charge is 0.0768 e. The van der Waals surface area contributed by atoms with Crippen molar-refractivity contribution in [3.63, 3.8) is 0 Å². The van der Waals surface area contributed by atoms with Crippen molar-refractivity contribution in [2.45, 2.75) is 32.3 Å². The summed E-state index contributed by atoms with van der Waals surface area (Å²) in [5, 5.41) is 11.2. The van der Waals surface area contributed by atoms with Crippen LogP contribution in [0.4, 0.5) is 5.69 Å². The van der Waals surface area contributed by atoms with Crippen LogP contribution in [0, 0.1) is 0 Å². The van der Waals surface area contributed by atoms with Crippen LogP contribution in [0.5, 0.6) is 0 Å². The van der Waals surface area contributed by atoms with Gasteiger partial charge in [-0.2, -0.15) is 0 Å². The zero-order valence-corrected chi connectivity index (χ0v) is 13.2. The molecule has 1 fully saturated rings. The molecule has 0 unspecified atom stereocenters. The van der Waals surface area contributed by atoms with Crippen LogP contribution in [-0.2, 0) is 0 Å². The Bertz CT molecular complexity index is 409. The van der Waals surface area contributed by atoms with E-state index in [1.54, 1.807) is 0 Å². The maximum atomic E-state index is 10.4. The highest BCUT2D eigenvalue weighted by molar-refractivity contribution is 6.30. The fourth-order valence-corrected chi connectivity index (χ4v) is 2.83. The molecule has 0 spiro atoms. The Labute approximate surface area is 127 Å². The Balaban J connectivity index is 1.87. The van der Waals surface area contributed by atoms with E-state index in [2.05, 4.69) is 35.8 Å². The lowest BCUT2D eigenvalue weighted by Crippen LogP contribution is -2.51. The molecule has 1 N–H and O–H groups in total. The average Bonchev–Trinajstić information content (AvgIpc) is 2.49. The molecule has 112 valence electrons. The molecular weight excluding hydrogens is 272 g/mol. The zero-order valence-electron chi connectivity index (χ0n) is 12.5. The number of rotatable bonds is 5. The molecule has 1 aliphatic rings. The van der Waals surface area contributed by atoms with Crippen LogP contribution in [0.3, 0.4) is 0 Å². The fraction of sp³-hybridized carbons (Fsp3) is 0.625. The molecule has 0 aliphatic carbocycles. The third-order valence-corrected chi connectivity index (χ3v) is 4.65. The van der Waals surface area contributed by atoms with Crippen molar-refractivity contribution in [3.8, 4) is 0 Å². The van der Waals surface area contributed by atoms with Crippen molar-refractivity contribution in [3.05, 3.63) is 29.3 Å². The highest BCUT2D eigenvalue weighted by atomic mass is 35.5. The minimum absolute atomic E-state index is 0.525. The van der Waals surface area contributed by atoms with E-state index in [9.17, 15) is 5.11 Å². The van der Waals surface area contributed by atoms with E-state index >= 15 is 0 Å². The monoisotopic (exact) mass is 296 g/mol. The predicted octanol–water partition coefficient (Wildman–Crippen LogP) is 3.01. The van der Waals surface area contributed by atoms with Crippen LogP contribution in [0.25, 0.3) is 0 Å². The first kappa shape index (κ1) is 15.6. The van der Waals surface area contributed by atoms with Gasteiger partial charge in [-0.3, -0.25) is 4.90 Å². The molecule has 0 radical (unpaired) electrons. The molecule has 1 aromatic rings. The predicted molar refractivity (Wildman–Crippen MR) is 85.6 cm³/mol. The van der Waals surface area contributed by atoms with Crippen LogP contribution in [0.1, 0.15) is 26.7 Å². The highest BCUT2D eigenvalue weighted by Gasteiger charge is 2.27. The summed E-state index contributed by atoms with van der Waals surface area (Å²) in [5.74, 6) is 0. The largest absolute Gasteiger partial charge is 0.389 e. The molecule has 2 rings (SSSR count). The molecule has 0 saturated carbocycles. The van der Waals surface area contributed by atoms with Gasteiger partial charge in [-0.25, -0.2) is 0 Å². The Hall–Kier alpha value is -0.770. The van der Waals surface area contributed by atoms with E-state index in [0.717, 1.165) is 50.6 Å². The minimum Gasteiger partial charge on any atom is -0.389 e. The van der Waals surface area contributed by atoms with E-state index in [0.29, 0.717) is 0 Å². The Morgan fingerprint density at radius 2 is 1.60 bits per heavy atom. The van der Waals surface area contributed by atoms with Gasteiger partial charge in [0.15, 0.2) is 0 Å². The lowest BCUT2D eigenvalue weighted by molar-refractivity contribution is -0.00455. The Kier molecular flexibility index (Phi) is 5.30. The first-order chi connectivity index (χ1) is 9.56. The summed E-state index contributed by atoms with van der Waals surface area (Å²) in [6.07, 6.45) is 1.64. The summed E-state index contributed by atoms with van der Waals surface area (Å²) in [7, 11) is 0. The lowest BCUT2D eigenvalue weighted by Gasteiger charge is -2.39. The van der Waals surface area contributed by atoms with Gasteiger partial charge in [0.25, 0.3) is 0 Å². The molecule has 20 heavy (non-hydrogen) atoms. The standard InChI is InChI=1S/C16H25ClN2O/c1-3-16(20,4-2)13-18-9-11-19(12-10-18)15-7-5-14(17)6-8-15/h5-8,20H,3-4,9-13H2,1-2H3. The van der Waals surface area contributed by atoms with Gasteiger partial charge in [0.1, 0.15) is 0 Å². The van der Waals surface area contributed by atoms with Crippen molar-refractivity contribution >= 4 is 17.3 Å². The summed E-state index contributed by atoms with van der Waals surface area (Å²) in [5.41, 5.74) is 0.706. The summed E-state index contributed by atoms with van der Waals surface area (Å²) in [4.78, 5) is 4.75. The summed E-state index contributed by atoms with van der Waals surface area (Å²) in [6, 6.07) is 8.03. The van der Waals surface area contributed by atoms with Crippen LogP contribution in [-0.4, -0.2) is 48.3 Å². The lowest BCUT2D eigenvalue weighted by atomic mass is 9.96. The zero-order chi connectivity index (χ0) is 14.6. The summed E-state index contributed by atoms with van der Waals surface area (Å²) >= 11 is 5.92. The number of hydrogen-bond acceptors (Lipinski definition) is 3. The third-order valence-electron chi connectivity index (χ3n) is 4.40. The van der Waals surface area contributed by atoms with E-state index in [-0.39, 0.29) is 0 Å². The number of anilines is 1. The van der Waals surface area contributed by atoms with Gasteiger partial charge in [-0.05, 0) is 37.1 Å². The number of piperazine rings is 1. The second kappa shape index (κ2) is 6.79. The molecule has 0 amide bonds. The number of aliphatic hydroxyl groups is 1. The van der Waals surface area contributed by atoms with Gasteiger partial charge in [-0.1, -0.05) is 25.4 Å². The number of halogens is 1. The Morgan fingerprint density at radius 3 is 2.10 bits per heavy atom. The molecule has 3 nitrogen and oxygen atoms in total. The van der Waals surface area contributed by atoms with Gasteiger partial charge < -0.3 is 10.0 Å². The fourth-order valence-electron chi connectivity index (χ4n) is 2.71. The number of hydrogen-bond donors (Lipinski definition) is 1. The van der Waals surface area contributed by atoms with E-state index < -0.39 is 5.60 Å². The van der Waals surface area contributed by atoms with Crippen LogP contribution in [0.15, 0.2) is 24.3 Å². The quantitative estimate of drug-likeness (QED) is 0.905. The van der Waals surface area contributed by atoms with Gasteiger partial charge in [-0.15, -0.1) is 0 Å². The van der Waals surface area contributed by atoms with Gasteiger partial charge in [0.2, 0.25) is 0 Å². The molecule has 1 aliphatic heterocycles. The molecule has 1 aromatic carbocycles. The van der Waals surface area contributed by atoms with Crippen LogP contribution in [0.2, 0.25) is 5.02 Å². The molecular formula is C16H25ClN2O. The maximum Gasteiger partial charge on any atom is 0.0768 e. The van der Waals surface area contributed by atoms with Crippen LogP contribution >= 0.6 is 11.6 Å². The molecule has 1 heterocycles.